The highest BCUT2D eigenvalue weighted by Crippen LogP contribution is 2.37. The van der Waals surface area contributed by atoms with E-state index in [1.54, 1.807) is 19.2 Å². The van der Waals surface area contributed by atoms with Crippen molar-refractivity contribution in [2.24, 2.45) is 0 Å². The fourth-order valence-corrected chi connectivity index (χ4v) is 2.24. The van der Waals surface area contributed by atoms with Gasteiger partial charge < -0.3 is 14.4 Å². The molecule has 0 N–H and O–H groups in total. The molecule has 1 aliphatic rings. The Morgan fingerprint density at radius 3 is 2.35 bits per heavy atom. The van der Waals surface area contributed by atoms with Crippen LogP contribution in [0.3, 0.4) is 0 Å². The van der Waals surface area contributed by atoms with Crippen LogP contribution in [0.5, 0.6) is 0 Å². The topological polar surface area (TPSA) is 55.8 Å². The quantitative estimate of drug-likeness (QED) is 0.620. The Bertz CT molecular complexity index is 579. The molecule has 1 aromatic rings. The van der Waals surface area contributed by atoms with E-state index < -0.39 is 17.9 Å². The van der Waals surface area contributed by atoms with Crippen LogP contribution in [0.15, 0.2) is 35.6 Å². The van der Waals surface area contributed by atoms with Crippen LogP contribution >= 0.6 is 0 Å². The fraction of sp³-hybridized carbons (Fsp3) is 0.286. The Kier molecular flexibility index (Phi) is 3.74. The smallest absolute Gasteiger partial charge is 0.347 e. The molecule has 6 heteroatoms. The highest BCUT2D eigenvalue weighted by molar-refractivity contribution is 6.18. The molecule has 1 aliphatic heterocycles. The van der Waals surface area contributed by atoms with E-state index in [9.17, 15) is 14.0 Å². The van der Waals surface area contributed by atoms with Crippen LogP contribution in [-0.2, 0) is 19.1 Å². The Morgan fingerprint density at radius 1 is 1.25 bits per heavy atom. The zero-order valence-electron chi connectivity index (χ0n) is 11.3. The number of carbonyl (C=O) groups excluding carboxylic acids is 2. The number of halogens is 1. The van der Waals surface area contributed by atoms with E-state index in [0.29, 0.717) is 5.56 Å². The van der Waals surface area contributed by atoms with Gasteiger partial charge >= 0.3 is 5.97 Å². The van der Waals surface area contributed by atoms with Crippen LogP contribution in [0.25, 0.3) is 0 Å². The lowest BCUT2D eigenvalue weighted by molar-refractivity contribution is -0.139. The van der Waals surface area contributed by atoms with Crippen molar-refractivity contribution in [3.8, 4) is 0 Å². The number of benzene rings is 1. The van der Waals surface area contributed by atoms with Crippen molar-refractivity contribution < 1.29 is 23.5 Å². The molecule has 2 rings (SSSR count). The Morgan fingerprint density at radius 2 is 1.85 bits per heavy atom. The van der Waals surface area contributed by atoms with Gasteiger partial charge in [-0.05, 0) is 17.7 Å². The van der Waals surface area contributed by atoms with E-state index >= 15 is 0 Å². The number of esters is 1. The molecule has 0 saturated heterocycles. The van der Waals surface area contributed by atoms with Crippen LogP contribution in [-0.4, -0.2) is 38.0 Å². The van der Waals surface area contributed by atoms with Gasteiger partial charge in [0.25, 0.3) is 5.91 Å². The maximum Gasteiger partial charge on any atom is 0.347 e. The number of hydrogen-bond acceptors (Lipinski definition) is 4. The molecule has 0 saturated carbocycles. The van der Waals surface area contributed by atoms with Crippen LogP contribution < -0.4 is 0 Å². The molecule has 0 bridgehead atoms. The highest BCUT2D eigenvalue weighted by Gasteiger charge is 2.43. The van der Waals surface area contributed by atoms with Crippen molar-refractivity contribution in [3.63, 3.8) is 0 Å². The van der Waals surface area contributed by atoms with Crippen molar-refractivity contribution >= 4 is 11.9 Å². The minimum absolute atomic E-state index is 0.133. The van der Waals surface area contributed by atoms with E-state index in [2.05, 4.69) is 4.74 Å². The molecule has 1 amide bonds. The van der Waals surface area contributed by atoms with Crippen LogP contribution in [0, 0.1) is 5.82 Å². The standard InChI is InChI=1S/C14H14FNO4/c1-16-11(8-4-6-9(15)7-5-8)12(19-2)10(13(16)17)14(18)20-3/h4-7,11H,1-3H3. The van der Waals surface area contributed by atoms with Crippen LogP contribution in [0.4, 0.5) is 4.39 Å². The molecule has 0 radical (unpaired) electrons. The molecule has 1 unspecified atom stereocenters. The van der Waals surface area contributed by atoms with Crippen molar-refractivity contribution in [1.29, 1.82) is 0 Å². The molecule has 0 aromatic heterocycles. The first-order valence-corrected chi connectivity index (χ1v) is 5.90. The summed E-state index contributed by atoms with van der Waals surface area (Å²) in [5.74, 6) is -1.40. The van der Waals surface area contributed by atoms with E-state index in [4.69, 9.17) is 4.74 Å². The van der Waals surface area contributed by atoms with Gasteiger partial charge in [-0.1, -0.05) is 12.1 Å². The summed E-state index contributed by atoms with van der Waals surface area (Å²) in [5.41, 5.74) is 0.518. The average molecular weight is 279 g/mol. The molecule has 1 atom stereocenters. The molecule has 106 valence electrons. The summed E-state index contributed by atoms with van der Waals surface area (Å²) >= 11 is 0. The Labute approximate surface area is 115 Å². The van der Waals surface area contributed by atoms with Gasteiger partial charge in [-0.25, -0.2) is 9.18 Å². The number of carbonyl (C=O) groups is 2. The number of hydrogen-bond donors (Lipinski definition) is 0. The lowest BCUT2D eigenvalue weighted by Crippen LogP contribution is -2.27. The minimum Gasteiger partial charge on any atom is -0.497 e. The highest BCUT2D eigenvalue weighted by atomic mass is 19.1. The molecule has 1 heterocycles. The van der Waals surface area contributed by atoms with E-state index in [-0.39, 0.29) is 17.1 Å². The minimum atomic E-state index is -0.747. The molecule has 0 fully saturated rings. The summed E-state index contributed by atoms with van der Waals surface area (Å²) in [7, 11) is 4.12. The summed E-state index contributed by atoms with van der Waals surface area (Å²) < 4.78 is 22.8. The van der Waals surface area contributed by atoms with Gasteiger partial charge in [0.2, 0.25) is 0 Å². The predicted molar refractivity (Wildman–Crippen MR) is 68.0 cm³/mol. The van der Waals surface area contributed by atoms with Gasteiger partial charge in [0.1, 0.15) is 17.6 Å². The van der Waals surface area contributed by atoms with Crippen LogP contribution in [0.1, 0.15) is 11.6 Å². The number of amides is 1. The molecule has 0 aliphatic carbocycles. The Hall–Kier alpha value is -2.37. The predicted octanol–water partition coefficient (Wildman–Crippen LogP) is 1.41. The van der Waals surface area contributed by atoms with Crippen molar-refractivity contribution in [3.05, 3.63) is 47.0 Å². The van der Waals surface area contributed by atoms with Crippen molar-refractivity contribution in [2.45, 2.75) is 6.04 Å². The van der Waals surface area contributed by atoms with Crippen molar-refractivity contribution in [1.82, 2.24) is 4.90 Å². The molecular weight excluding hydrogens is 265 g/mol. The monoisotopic (exact) mass is 279 g/mol. The second-order valence-corrected chi connectivity index (χ2v) is 4.31. The lowest BCUT2D eigenvalue weighted by atomic mass is 10.0. The molecule has 20 heavy (non-hydrogen) atoms. The second-order valence-electron chi connectivity index (χ2n) is 4.31. The summed E-state index contributed by atoms with van der Waals surface area (Å²) in [6.45, 7) is 0. The number of methoxy groups -OCH3 is 2. The first-order chi connectivity index (χ1) is 9.51. The second kappa shape index (κ2) is 5.32. The molecular formula is C14H14FNO4. The molecule has 1 aromatic carbocycles. The van der Waals surface area contributed by atoms with Crippen molar-refractivity contribution in [2.75, 3.05) is 21.3 Å². The molecule has 5 nitrogen and oxygen atoms in total. The summed E-state index contributed by atoms with van der Waals surface area (Å²) in [6.07, 6.45) is 0. The third kappa shape index (κ3) is 2.13. The zero-order chi connectivity index (χ0) is 14.9. The Balaban J connectivity index is 2.52. The summed E-state index contributed by atoms with van der Waals surface area (Å²) in [4.78, 5) is 25.2. The summed E-state index contributed by atoms with van der Waals surface area (Å²) in [5, 5.41) is 0. The van der Waals surface area contributed by atoms with Gasteiger partial charge in [-0.3, -0.25) is 4.79 Å². The first-order valence-electron chi connectivity index (χ1n) is 5.90. The van der Waals surface area contributed by atoms with Crippen LogP contribution in [0.2, 0.25) is 0 Å². The maximum atomic E-state index is 13.0. The zero-order valence-corrected chi connectivity index (χ0v) is 11.3. The van der Waals surface area contributed by atoms with Gasteiger partial charge in [0.05, 0.1) is 14.2 Å². The number of rotatable bonds is 3. The fourth-order valence-electron chi connectivity index (χ4n) is 2.24. The molecule has 0 spiro atoms. The number of ether oxygens (including phenoxy) is 2. The third-order valence-electron chi connectivity index (χ3n) is 3.21. The third-order valence-corrected chi connectivity index (χ3v) is 3.21. The van der Waals surface area contributed by atoms with E-state index in [0.717, 1.165) is 0 Å². The summed E-state index contributed by atoms with van der Waals surface area (Å²) in [6, 6.07) is 5.10. The number of likely N-dealkylation sites (N-methyl/N-ethyl adjacent to an activating group) is 1. The first kappa shape index (κ1) is 14.0. The van der Waals surface area contributed by atoms with E-state index in [1.165, 1.54) is 31.3 Å². The SMILES string of the molecule is COC(=O)C1=C(OC)C(c2ccc(F)cc2)N(C)C1=O. The number of nitrogens with zero attached hydrogens (tertiary/aromatic N) is 1. The van der Waals surface area contributed by atoms with Gasteiger partial charge in [-0.2, -0.15) is 0 Å². The average Bonchev–Trinajstić information content (AvgIpc) is 2.71. The maximum absolute atomic E-state index is 13.0. The van der Waals surface area contributed by atoms with Gasteiger partial charge in [0, 0.05) is 7.05 Å². The van der Waals surface area contributed by atoms with E-state index in [1.807, 2.05) is 0 Å². The van der Waals surface area contributed by atoms with Gasteiger partial charge in [-0.15, -0.1) is 0 Å². The largest absolute Gasteiger partial charge is 0.497 e. The lowest BCUT2D eigenvalue weighted by Gasteiger charge is -2.22. The van der Waals surface area contributed by atoms with Gasteiger partial charge in [0.15, 0.2) is 5.57 Å². The normalized spacial score (nSPS) is 18.5.